The van der Waals surface area contributed by atoms with Gasteiger partial charge < -0.3 is 10.2 Å². The molecule has 1 atom stereocenters. The minimum absolute atomic E-state index is 0.0390. The number of allylic oxidation sites excluding steroid dienone is 2. The van der Waals surface area contributed by atoms with Gasteiger partial charge in [0.05, 0.1) is 5.41 Å². The molecule has 0 saturated carbocycles. The van der Waals surface area contributed by atoms with Gasteiger partial charge in [-0.3, -0.25) is 4.79 Å². The Kier molecular flexibility index (Phi) is 4.96. The summed E-state index contributed by atoms with van der Waals surface area (Å²) in [4.78, 5) is 22.5. The summed E-state index contributed by atoms with van der Waals surface area (Å²) in [7, 11) is 0. The van der Waals surface area contributed by atoms with Crippen LogP contribution in [0.1, 0.15) is 32.6 Å². The highest BCUT2D eigenvalue weighted by atomic mass is 35.5. The molecule has 0 aromatic rings. The maximum atomic E-state index is 11.5. The number of hydrogen-bond acceptors (Lipinski definition) is 2. The van der Waals surface area contributed by atoms with E-state index in [1.165, 1.54) is 6.08 Å². The van der Waals surface area contributed by atoms with Crippen LogP contribution in [0, 0.1) is 5.41 Å². The molecule has 1 unspecified atom stereocenters. The van der Waals surface area contributed by atoms with Crippen molar-refractivity contribution < 1.29 is 19.8 Å². The third kappa shape index (κ3) is 3.35. The van der Waals surface area contributed by atoms with Crippen LogP contribution in [0.15, 0.2) is 23.3 Å². The second-order valence-electron chi connectivity index (χ2n) is 4.65. The van der Waals surface area contributed by atoms with E-state index in [-0.39, 0.29) is 12.0 Å². The lowest BCUT2D eigenvalue weighted by Gasteiger charge is -2.30. The Hall–Kier alpha value is -1.29. The molecule has 0 saturated heterocycles. The summed E-state index contributed by atoms with van der Waals surface area (Å²) >= 11 is 5.58. The van der Waals surface area contributed by atoms with Crippen LogP contribution in [0.4, 0.5) is 0 Å². The summed E-state index contributed by atoms with van der Waals surface area (Å²) in [5.74, 6) is -1.53. The minimum atomic E-state index is -1.10. The third-order valence-electron chi connectivity index (χ3n) is 3.12. The first-order chi connectivity index (χ1) is 8.41. The van der Waals surface area contributed by atoms with Gasteiger partial charge in [0.1, 0.15) is 0 Å². The maximum Gasteiger partial charge on any atom is 0.331 e. The van der Waals surface area contributed by atoms with E-state index in [0.717, 1.165) is 6.42 Å². The molecular formula is C13H17ClO4. The topological polar surface area (TPSA) is 74.6 Å². The molecule has 18 heavy (non-hydrogen) atoms. The van der Waals surface area contributed by atoms with E-state index in [1.807, 2.05) is 0 Å². The Morgan fingerprint density at radius 1 is 1.39 bits per heavy atom. The van der Waals surface area contributed by atoms with Crippen LogP contribution in [0.3, 0.4) is 0 Å². The Balaban J connectivity index is 2.96. The minimum Gasteiger partial charge on any atom is -0.481 e. The van der Waals surface area contributed by atoms with E-state index in [9.17, 15) is 14.7 Å². The van der Waals surface area contributed by atoms with E-state index >= 15 is 0 Å². The molecule has 0 amide bonds. The van der Waals surface area contributed by atoms with Crippen molar-refractivity contribution in [3.05, 3.63) is 23.3 Å². The zero-order valence-corrected chi connectivity index (χ0v) is 11.0. The molecule has 1 aliphatic rings. The van der Waals surface area contributed by atoms with Gasteiger partial charge >= 0.3 is 11.9 Å². The van der Waals surface area contributed by atoms with Crippen LogP contribution >= 0.6 is 11.6 Å². The second kappa shape index (κ2) is 6.05. The van der Waals surface area contributed by atoms with Gasteiger partial charge in [-0.05, 0) is 32.3 Å². The van der Waals surface area contributed by atoms with Crippen molar-refractivity contribution in [2.24, 2.45) is 5.41 Å². The van der Waals surface area contributed by atoms with Crippen LogP contribution < -0.4 is 0 Å². The fourth-order valence-electron chi connectivity index (χ4n) is 2.27. The molecule has 0 heterocycles. The molecule has 0 aromatic heterocycles. The van der Waals surface area contributed by atoms with E-state index in [2.05, 4.69) is 0 Å². The summed E-state index contributed by atoms with van der Waals surface area (Å²) in [5.41, 5.74) is -0.256. The SMILES string of the molecule is CC1=CC(CCCCCl)(C(=O)O)CC(C(=O)O)=C1. The number of carbonyl (C=O) groups is 2. The first kappa shape index (κ1) is 14.8. The van der Waals surface area contributed by atoms with E-state index in [4.69, 9.17) is 16.7 Å². The molecule has 0 fully saturated rings. The lowest BCUT2D eigenvalue weighted by molar-refractivity contribution is -0.146. The van der Waals surface area contributed by atoms with Gasteiger partial charge in [-0.1, -0.05) is 18.1 Å². The lowest BCUT2D eigenvalue weighted by Crippen LogP contribution is -2.32. The van der Waals surface area contributed by atoms with Gasteiger partial charge in [0.25, 0.3) is 0 Å². The van der Waals surface area contributed by atoms with Gasteiger partial charge in [0, 0.05) is 11.5 Å². The molecule has 0 radical (unpaired) electrons. The molecule has 0 aliphatic heterocycles. The highest BCUT2D eigenvalue weighted by molar-refractivity contribution is 6.17. The maximum absolute atomic E-state index is 11.5. The molecule has 0 aromatic carbocycles. The van der Waals surface area contributed by atoms with Crippen LogP contribution in [0.5, 0.6) is 0 Å². The van der Waals surface area contributed by atoms with E-state index in [0.29, 0.717) is 24.3 Å². The Morgan fingerprint density at radius 2 is 2.06 bits per heavy atom. The zero-order chi connectivity index (χ0) is 13.8. The van der Waals surface area contributed by atoms with Crippen molar-refractivity contribution in [1.29, 1.82) is 0 Å². The average molecular weight is 273 g/mol. The van der Waals surface area contributed by atoms with Gasteiger partial charge in [0.2, 0.25) is 0 Å². The van der Waals surface area contributed by atoms with Crippen LogP contribution in [0.25, 0.3) is 0 Å². The van der Waals surface area contributed by atoms with Crippen molar-refractivity contribution in [3.8, 4) is 0 Å². The number of aliphatic carboxylic acids is 2. The smallest absolute Gasteiger partial charge is 0.331 e. The summed E-state index contributed by atoms with van der Waals surface area (Å²) in [6.45, 7) is 1.72. The van der Waals surface area contributed by atoms with Crippen molar-refractivity contribution in [2.45, 2.75) is 32.6 Å². The van der Waals surface area contributed by atoms with Crippen molar-refractivity contribution in [2.75, 3.05) is 5.88 Å². The number of rotatable bonds is 6. The predicted octanol–water partition coefficient (Wildman–Crippen LogP) is 2.83. The molecule has 0 bridgehead atoms. The Morgan fingerprint density at radius 3 is 2.56 bits per heavy atom. The second-order valence-corrected chi connectivity index (χ2v) is 5.03. The molecule has 2 N–H and O–H groups in total. The standard InChI is InChI=1S/C13H17ClO4/c1-9-6-10(11(15)16)8-13(7-9,12(17)18)4-2-3-5-14/h6-7H,2-5,8H2,1H3,(H,15,16)(H,17,18). The van der Waals surface area contributed by atoms with Crippen molar-refractivity contribution in [1.82, 2.24) is 0 Å². The molecule has 1 aliphatic carbocycles. The molecule has 4 nitrogen and oxygen atoms in total. The quantitative estimate of drug-likeness (QED) is 0.576. The number of alkyl halides is 1. The highest BCUT2D eigenvalue weighted by Crippen LogP contribution is 2.39. The fraction of sp³-hybridized carbons (Fsp3) is 0.538. The summed E-state index contributed by atoms with van der Waals surface area (Å²) in [6.07, 6.45) is 5.05. The fourth-order valence-corrected chi connectivity index (χ4v) is 2.46. The number of carboxylic acids is 2. The molecule has 1 rings (SSSR count). The Bertz CT molecular complexity index is 411. The van der Waals surface area contributed by atoms with Crippen molar-refractivity contribution >= 4 is 23.5 Å². The summed E-state index contributed by atoms with van der Waals surface area (Å²) in [6, 6.07) is 0. The number of hydrogen-bond donors (Lipinski definition) is 2. The van der Waals surface area contributed by atoms with E-state index in [1.54, 1.807) is 13.0 Å². The number of carboxylic acid groups (broad SMARTS) is 2. The van der Waals surface area contributed by atoms with Gasteiger partial charge in [0.15, 0.2) is 0 Å². The summed E-state index contributed by atoms with van der Waals surface area (Å²) < 4.78 is 0. The first-order valence-electron chi connectivity index (χ1n) is 5.84. The zero-order valence-electron chi connectivity index (χ0n) is 10.3. The normalized spacial score (nSPS) is 23.2. The molecular weight excluding hydrogens is 256 g/mol. The summed E-state index contributed by atoms with van der Waals surface area (Å²) in [5, 5.41) is 18.4. The van der Waals surface area contributed by atoms with E-state index < -0.39 is 17.4 Å². The largest absolute Gasteiger partial charge is 0.481 e. The van der Waals surface area contributed by atoms with Gasteiger partial charge in [-0.15, -0.1) is 11.6 Å². The molecule has 5 heteroatoms. The lowest BCUT2D eigenvalue weighted by atomic mass is 9.73. The highest BCUT2D eigenvalue weighted by Gasteiger charge is 2.39. The number of halogens is 1. The number of unbranched alkanes of at least 4 members (excludes halogenated alkanes) is 1. The first-order valence-corrected chi connectivity index (χ1v) is 6.37. The van der Waals surface area contributed by atoms with Crippen LogP contribution in [-0.4, -0.2) is 28.0 Å². The van der Waals surface area contributed by atoms with Crippen LogP contribution in [0.2, 0.25) is 0 Å². The predicted molar refractivity (Wildman–Crippen MR) is 68.7 cm³/mol. The Labute approximate surface area is 111 Å². The molecule has 0 spiro atoms. The van der Waals surface area contributed by atoms with Gasteiger partial charge in [-0.2, -0.15) is 0 Å². The average Bonchev–Trinajstić information content (AvgIpc) is 2.28. The van der Waals surface area contributed by atoms with Crippen molar-refractivity contribution in [3.63, 3.8) is 0 Å². The monoisotopic (exact) mass is 272 g/mol. The molecule has 100 valence electrons. The van der Waals surface area contributed by atoms with Gasteiger partial charge in [-0.25, -0.2) is 4.79 Å². The van der Waals surface area contributed by atoms with Crippen LogP contribution in [-0.2, 0) is 9.59 Å². The third-order valence-corrected chi connectivity index (χ3v) is 3.39.